The molecule has 2 aromatic rings. The number of nitrogens with zero attached hydrogens (tertiary/aromatic N) is 3. The quantitative estimate of drug-likeness (QED) is 0.749. The van der Waals surface area contributed by atoms with Crippen LogP contribution < -0.4 is 0 Å². The van der Waals surface area contributed by atoms with Gasteiger partial charge in [-0.1, -0.05) is 6.07 Å². The van der Waals surface area contributed by atoms with Crippen molar-refractivity contribution in [3.63, 3.8) is 0 Å². The predicted molar refractivity (Wildman–Crippen MR) is 64.9 cm³/mol. The van der Waals surface area contributed by atoms with Crippen LogP contribution in [0.2, 0.25) is 0 Å². The Morgan fingerprint density at radius 3 is 2.76 bits per heavy atom. The summed E-state index contributed by atoms with van der Waals surface area (Å²) in [5.41, 5.74) is 1.52. The maximum Gasteiger partial charge on any atom is 0.274 e. The van der Waals surface area contributed by atoms with Crippen LogP contribution in [0.3, 0.4) is 0 Å². The van der Waals surface area contributed by atoms with E-state index in [1.165, 1.54) is 6.42 Å². The van der Waals surface area contributed by atoms with Gasteiger partial charge in [-0.05, 0) is 37.5 Å². The van der Waals surface area contributed by atoms with Crippen LogP contribution in [-0.2, 0) is 0 Å². The van der Waals surface area contributed by atoms with Crippen LogP contribution >= 0.6 is 0 Å². The first-order valence-electron chi connectivity index (χ1n) is 6.08. The van der Waals surface area contributed by atoms with Crippen molar-refractivity contribution in [1.82, 2.24) is 14.5 Å². The van der Waals surface area contributed by atoms with Crippen molar-refractivity contribution >= 4 is 11.4 Å². The normalized spacial score (nSPS) is 16.4. The summed E-state index contributed by atoms with van der Waals surface area (Å²) in [6.45, 7) is 1.74. The number of rotatable bonds is 1. The number of hydrogen-bond donors (Lipinski definition) is 0. The highest BCUT2D eigenvalue weighted by atomic mass is 16.2. The van der Waals surface area contributed by atoms with E-state index in [4.69, 9.17) is 0 Å². The van der Waals surface area contributed by atoms with Crippen LogP contribution in [0.1, 0.15) is 29.8 Å². The molecule has 0 bridgehead atoms. The van der Waals surface area contributed by atoms with Gasteiger partial charge < -0.3 is 4.90 Å². The van der Waals surface area contributed by atoms with Crippen molar-refractivity contribution in [1.29, 1.82) is 0 Å². The molecular weight excluding hydrogens is 214 g/mol. The first-order chi connectivity index (χ1) is 8.34. The number of likely N-dealkylation sites (tertiary alicyclic amines) is 1. The van der Waals surface area contributed by atoms with E-state index in [0.717, 1.165) is 31.4 Å². The predicted octanol–water partition coefficient (Wildman–Crippen LogP) is 1.96. The van der Waals surface area contributed by atoms with Crippen LogP contribution in [0.4, 0.5) is 0 Å². The molecule has 0 saturated carbocycles. The van der Waals surface area contributed by atoms with Gasteiger partial charge in [-0.3, -0.25) is 4.79 Å². The van der Waals surface area contributed by atoms with E-state index in [1.807, 2.05) is 35.4 Å². The second-order valence-corrected chi connectivity index (χ2v) is 4.45. The number of fused-ring (bicyclic) bond motifs is 1. The van der Waals surface area contributed by atoms with Gasteiger partial charge in [0.25, 0.3) is 5.91 Å². The highest BCUT2D eigenvalue weighted by molar-refractivity contribution is 5.93. The Morgan fingerprint density at radius 1 is 1.18 bits per heavy atom. The fourth-order valence-corrected chi connectivity index (χ4v) is 2.30. The molecule has 3 heterocycles. The van der Waals surface area contributed by atoms with Gasteiger partial charge in [0.2, 0.25) is 0 Å². The third-order valence-electron chi connectivity index (χ3n) is 3.23. The summed E-state index contributed by atoms with van der Waals surface area (Å²) < 4.78 is 1.75. The molecule has 4 nitrogen and oxygen atoms in total. The third-order valence-corrected chi connectivity index (χ3v) is 3.23. The van der Waals surface area contributed by atoms with Gasteiger partial charge in [0.05, 0.1) is 5.52 Å². The molecule has 1 amide bonds. The summed E-state index contributed by atoms with van der Waals surface area (Å²) in [5.74, 6) is 0.0633. The Balaban J connectivity index is 1.89. The van der Waals surface area contributed by atoms with E-state index < -0.39 is 0 Å². The average molecular weight is 229 g/mol. The number of amides is 1. The van der Waals surface area contributed by atoms with Crippen LogP contribution in [0.15, 0.2) is 30.5 Å². The van der Waals surface area contributed by atoms with Gasteiger partial charge >= 0.3 is 0 Å². The Kier molecular flexibility index (Phi) is 2.55. The summed E-state index contributed by atoms with van der Waals surface area (Å²) in [6, 6.07) is 7.68. The molecule has 0 unspecified atom stereocenters. The summed E-state index contributed by atoms with van der Waals surface area (Å²) in [5, 5.41) is 4.31. The first-order valence-corrected chi connectivity index (χ1v) is 6.08. The molecular formula is C13H15N3O. The summed E-state index contributed by atoms with van der Waals surface area (Å²) >= 11 is 0. The second-order valence-electron chi connectivity index (χ2n) is 4.45. The Hall–Kier alpha value is -1.84. The van der Waals surface area contributed by atoms with Crippen molar-refractivity contribution < 1.29 is 4.79 Å². The van der Waals surface area contributed by atoms with E-state index in [-0.39, 0.29) is 5.91 Å². The smallest absolute Gasteiger partial charge is 0.274 e. The lowest BCUT2D eigenvalue weighted by atomic mass is 10.1. The van der Waals surface area contributed by atoms with Gasteiger partial charge in [-0.15, -0.1) is 0 Å². The molecule has 1 saturated heterocycles. The highest BCUT2D eigenvalue weighted by Crippen LogP contribution is 2.13. The fourth-order valence-electron chi connectivity index (χ4n) is 2.30. The minimum Gasteiger partial charge on any atom is -0.337 e. The highest BCUT2D eigenvalue weighted by Gasteiger charge is 2.20. The maximum absolute atomic E-state index is 12.2. The van der Waals surface area contributed by atoms with Gasteiger partial charge in [-0.25, -0.2) is 4.52 Å². The lowest BCUT2D eigenvalue weighted by molar-refractivity contribution is 0.0718. The SMILES string of the molecule is O=C(c1cc2ccccn2n1)N1CCCCC1. The molecule has 1 aliphatic rings. The van der Waals surface area contributed by atoms with Crippen molar-refractivity contribution in [3.8, 4) is 0 Å². The Labute approximate surface area is 99.8 Å². The lowest BCUT2D eigenvalue weighted by Crippen LogP contribution is -2.35. The van der Waals surface area contributed by atoms with E-state index in [2.05, 4.69) is 5.10 Å². The van der Waals surface area contributed by atoms with Crippen LogP contribution in [-0.4, -0.2) is 33.5 Å². The Morgan fingerprint density at radius 2 is 2.00 bits per heavy atom. The summed E-state index contributed by atoms with van der Waals surface area (Å²) in [7, 11) is 0. The molecule has 88 valence electrons. The van der Waals surface area contributed by atoms with Gasteiger partial charge in [0.15, 0.2) is 5.69 Å². The molecule has 17 heavy (non-hydrogen) atoms. The number of aromatic nitrogens is 2. The number of carbonyl (C=O) groups excluding carboxylic acids is 1. The summed E-state index contributed by atoms with van der Waals surface area (Å²) in [6.07, 6.45) is 5.31. The zero-order valence-electron chi connectivity index (χ0n) is 9.67. The molecule has 0 atom stereocenters. The summed E-state index contributed by atoms with van der Waals surface area (Å²) in [4.78, 5) is 14.1. The zero-order chi connectivity index (χ0) is 11.7. The number of pyridine rings is 1. The lowest BCUT2D eigenvalue weighted by Gasteiger charge is -2.25. The van der Waals surface area contributed by atoms with E-state index in [1.54, 1.807) is 4.52 Å². The molecule has 3 rings (SSSR count). The Bertz CT molecular complexity index is 507. The molecule has 0 radical (unpaired) electrons. The third kappa shape index (κ3) is 1.90. The van der Waals surface area contributed by atoms with Gasteiger partial charge in [0.1, 0.15) is 0 Å². The van der Waals surface area contributed by atoms with Crippen molar-refractivity contribution in [3.05, 3.63) is 36.2 Å². The van der Waals surface area contributed by atoms with E-state index >= 15 is 0 Å². The first kappa shape index (κ1) is 10.3. The average Bonchev–Trinajstić information content (AvgIpc) is 2.82. The maximum atomic E-state index is 12.2. The van der Waals surface area contributed by atoms with E-state index in [9.17, 15) is 4.79 Å². The number of hydrogen-bond acceptors (Lipinski definition) is 2. The van der Waals surface area contributed by atoms with Crippen molar-refractivity contribution in [2.24, 2.45) is 0 Å². The molecule has 1 fully saturated rings. The van der Waals surface area contributed by atoms with Gasteiger partial charge in [0, 0.05) is 19.3 Å². The molecule has 1 aliphatic heterocycles. The second kappa shape index (κ2) is 4.20. The van der Waals surface area contributed by atoms with Crippen LogP contribution in [0.25, 0.3) is 5.52 Å². The minimum absolute atomic E-state index is 0.0633. The van der Waals surface area contributed by atoms with Gasteiger partial charge in [-0.2, -0.15) is 5.10 Å². The van der Waals surface area contributed by atoms with Crippen molar-refractivity contribution in [2.45, 2.75) is 19.3 Å². The van der Waals surface area contributed by atoms with Crippen LogP contribution in [0, 0.1) is 0 Å². The molecule has 4 heteroatoms. The molecule has 0 aromatic carbocycles. The van der Waals surface area contributed by atoms with E-state index in [0.29, 0.717) is 5.69 Å². The fraction of sp³-hybridized carbons (Fsp3) is 0.385. The van der Waals surface area contributed by atoms with Crippen LogP contribution in [0.5, 0.6) is 0 Å². The number of carbonyl (C=O) groups is 1. The monoisotopic (exact) mass is 229 g/mol. The zero-order valence-corrected chi connectivity index (χ0v) is 9.67. The molecule has 0 aliphatic carbocycles. The topological polar surface area (TPSA) is 37.6 Å². The number of piperidine rings is 1. The minimum atomic E-state index is 0.0633. The largest absolute Gasteiger partial charge is 0.337 e. The molecule has 0 N–H and O–H groups in total. The molecule has 0 spiro atoms. The standard InChI is InChI=1S/C13H15N3O/c17-13(15-7-3-1-4-8-15)12-10-11-6-2-5-9-16(11)14-12/h2,5-6,9-10H,1,3-4,7-8H2. The van der Waals surface area contributed by atoms with Crippen molar-refractivity contribution in [2.75, 3.05) is 13.1 Å². The molecule has 2 aromatic heterocycles.